The van der Waals surface area contributed by atoms with Crippen molar-refractivity contribution in [3.63, 3.8) is 0 Å². The topological polar surface area (TPSA) is 58.2 Å². The van der Waals surface area contributed by atoms with Gasteiger partial charge in [0.25, 0.3) is 0 Å². The molecule has 0 heterocycles. The van der Waals surface area contributed by atoms with Crippen LogP contribution in [-0.2, 0) is 9.59 Å². The van der Waals surface area contributed by atoms with E-state index >= 15 is 0 Å². The molecule has 0 saturated carbocycles. The Labute approximate surface area is 146 Å². The SMILES string of the molecule is CC(=O)Nc1cccc(Br)c1.CC(=O)Nc1cccc(Br)c1. The number of amides is 2. The third kappa shape index (κ3) is 7.95. The number of hydrogen-bond acceptors (Lipinski definition) is 2. The van der Waals surface area contributed by atoms with Crippen LogP contribution in [0.3, 0.4) is 0 Å². The molecule has 2 aromatic carbocycles. The van der Waals surface area contributed by atoms with Crippen molar-refractivity contribution in [1.29, 1.82) is 0 Å². The second-order valence-electron chi connectivity index (χ2n) is 4.38. The van der Waals surface area contributed by atoms with Crippen LogP contribution >= 0.6 is 31.9 Å². The maximum atomic E-state index is 10.6. The van der Waals surface area contributed by atoms with Gasteiger partial charge in [-0.15, -0.1) is 0 Å². The molecule has 0 aromatic heterocycles. The molecule has 0 aliphatic carbocycles. The van der Waals surface area contributed by atoms with Crippen molar-refractivity contribution in [2.75, 3.05) is 10.6 Å². The van der Waals surface area contributed by atoms with Crippen LogP contribution in [0.25, 0.3) is 0 Å². The van der Waals surface area contributed by atoms with E-state index in [2.05, 4.69) is 42.5 Å². The summed E-state index contributed by atoms with van der Waals surface area (Å²) in [7, 11) is 0. The van der Waals surface area contributed by atoms with Crippen LogP contribution in [0.15, 0.2) is 57.5 Å². The smallest absolute Gasteiger partial charge is 0.221 e. The van der Waals surface area contributed by atoms with Gasteiger partial charge in [-0.3, -0.25) is 9.59 Å². The molecule has 2 aromatic rings. The molecule has 0 aliphatic heterocycles. The lowest BCUT2D eigenvalue weighted by molar-refractivity contribution is -0.115. The summed E-state index contributed by atoms with van der Waals surface area (Å²) in [6.07, 6.45) is 0. The van der Waals surface area contributed by atoms with Gasteiger partial charge in [-0.25, -0.2) is 0 Å². The van der Waals surface area contributed by atoms with Crippen molar-refractivity contribution in [3.8, 4) is 0 Å². The highest BCUT2D eigenvalue weighted by molar-refractivity contribution is 9.10. The minimum atomic E-state index is -0.0527. The predicted octanol–water partition coefficient (Wildman–Crippen LogP) is 4.82. The van der Waals surface area contributed by atoms with Crippen molar-refractivity contribution >= 4 is 55.0 Å². The first-order valence-corrected chi connectivity index (χ1v) is 8.01. The second kappa shape index (κ2) is 9.38. The first-order chi connectivity index (χ1) is 10.4. The highest BCUT2D eigenvalue weighted by Gasteiger charge is 1.94. The molecule has 22 heavy (non-hydrogen) atoms. The lowest BCUT2D eigenvalue weighted by atomic mass is 10.3. The monoisotopic (exact) mass is 426 g/mol. The molecule has 0 atom stereocenters. The molecule has 6 heteroatoms. The van der Waals surface area contributed by atoms with E-state index in [0.717, 1.165) is 20.3 Å². The molecule has 2 amide bonds. The van der Waals surface area contributed by atoms with Crippen molar-refractivity contribution in [1.82, 2.24) is 0 Å². The third-order valence-electron chi connectivity index (χ3n) is 2.29. The zero-order chi connectivity index (χ0) is 16.5. The van der Waals surface area contributed by atoms with Crippen molar-refractivity contribution in [2.45, 2.75) is 13.8 Å². The average molecular weight is 428 g/mol. The lowest BCUT2D eigenvalue weighted by Gasteiger charge is -2.00. The van der Waals surface area contributed by atoms with Gasteiger partial charge in [0.05, 0.1) is 0 Å². The number of carbonyl (C=O) groups excluding carboxylic acids is 2. The number of carbonyl (C=O) groups is 2. The normalized spacial score (nSPS) is 9.27. The molecule has 0 aliphatic rings. The van der Waals surface area contributed by atoms with E-state index in [9.17, 15) is 9.59 Å². The lowest BCUT2D eigenvalue weighted by Crippen LogP contribution is -2.05. The summed E-state index contributed by atoms with van der Waals surface area (Å²) in [4.78, 5) is 21.2. The van der Waals surface area contributed by atoms with Gasteiger partial charge in [0, 0.05) is 34.2 Å². The summed E-state index contributed by atoms with van der Waals surface area (Å²) in [5.74, 6) is -0.105. The Kier molecular flexibility index (Phi) is 7.84. The standard InChI is InChI=1S/2C8H8BrNO/c2*1-6(11)10-8-4-2-3-7(9)5-8/h2*2-5H,1H3,(H,10,11). The fourth-order valence-electron chi connectivity index (χ4n) is 1.54. The summed E-state index contributed by atoms with van der Waals surface area (Å²) in [5, 5.41) is 5.35. The summed E-state index contributed by atoms with van der Waals surface area (Å²) in [6.45, 7) is 2.97. The van der Waals surface area contributed by atoms with Crippen LogP contribution in [0, 0.1) is 0 Å². The van der Waals surface area contributed by atoms with E-state index in [0.29, 0.717) is 0 Å². The summed E-state index contributed by atoms with van der Waals surface area (Å²) < 4.78 is 1.92. The Morgan fingerprint density at radius 1 is 0.773 bits per heavy atom. The summed E-state index contributed by atoms with van der Waals surface area (Å²) >= 11 is 6.60. The van der Waals surface area contributed by atoms with Crippen LogP contribution in [0.4, 0.5) is 11.4 Å². The van der Waals surface area contributed by atoms with E-state index in [1.54, 1.807) is 0 Å². The summed E-state index contributed by atoms with van der Waals surface area (Å²) in [6, 6.07) is 14.9. The molecule has 4 nitrogen and oxygen atoms in total. The maximum Gasteiger partial charge on any atom is 0.221 e. The fraction of sp³-hybridized carbons (Fsp3) is 0.125. The highest BCUT2D eigenvalue weighted by atomic mass is 79.9. The van der Waals surface area contributed by atoms with E-state index < -0.39 is 0 Å². The fourth-order valence-corrected chi connectivity index (χ4v) is 2.34. The number of benzene rings is 2. The minimum Gasteiger partial charge on any atom is -0.326 e. The molecule has 0 saturated heterocycles. The predicted molar refractivity (Wildman–Crippen MR) is 96.9 cm³/mol. The molecule has 0 bridgehead atoms. The molecule has 2 N–H and O–H groups in total. The number of anilines is 2. The Balaban J connectivity index is 0.000000220. The third-order valence-corrected chi connectivity index (χ3v) is 3.28. The first-order valence-electron chi connectivity index (χ1n) is 6.43. The van der Waals surface area contributed by atoms with Crippen LogP contribution in [0.5, 0.6) is 0 Å². The minimum absolute atomic E-state index is 0.0527. The Bertz CT molecular complexity index is 603. The van der Waals surface area contributed by atoms with E-state index in [1.807, 2.05) is 48.5 Å². The number of halogens is 2. The number of rotatable bonds is 2. The van der Waals surface area contributed by atoms with Crippen molar-refractivity contribution in [3.05, 3.63) is 57.5 Å². The zero-order valence-electron chi connectivity index (χ0n) is 12.2. The van der Waals surface area contributed by atoms with Crippen LogP contribution in [-0.4, -0.2) is 11.8 Å². The largest absolute Gasteiger partial charge is 0.326 e. The van der Waals surface area contributed by atoms with Crippen molar-refractivity contribution in [2.24, 2.45) is 0 Å². The highest BCUT2D eigenvalue weighted by Crippen LogP contribution is 2.15. The molecule has 116 valence electrons. The molecular weight excluding hydrogens is 412 g/mol. The molecule has 2 rings (SSSR count). The van der Waals surface area contributed by atoms with Gasteiger partial charge >= 0.3 is 0 Å². The van der Waals surface area contributed by atoms with Gasteiger partial charge in [-0.05, 0) is 36.4 Å². The summed E-state index contributed by atoms with van der Waals surface area (Å²) in [5.41, 5.74) is 1.62. The van der Waals surface area contributed by atoms with E-state index in [4.69, 9.17) is 0 Å². The molecule has 0 unspecified atom stereocenters. The quantitative estimate of drug-likeness (QED) is 0.721. The Morgan fingerprint density at radius 2 is 1.14 bits per heavy atom. The van der Waals surface area contributed by atoms with Crippen LogP contribution in [0.1, 0.15) is 13.8 Å². The van der Waals surface area contributed by atoms with Gasteiger partial charge in [0.1, 0.15) is 0 Å². The van der Waals surface area contributed by atoms with Gasteiger partial charge in [-0.1, -0.05) is 44.0 Å². The Hall–Kier alpha value is -1.66. The van der Waals surface area contributed by atoms with Crippen LogP contribution in [0.2, 0.25) is 0 Å². The average Bonchev–Trinajstić information content (AvgIpc) is 2.37. The molecule has 0 radical (unpaired) electrons. The van der Waals surface area contributed by atoms with Gasteiger partial charge in [0.15, 0.2) is 0 Å². The van der Waals surface area contributed by atoms with Gasteiger partial charge in [-0.2, -0.15) is 0 Å². The number of nitrogens with one attached hydrogen (secondary N) is 2. The van der Waals surface area contributed by atoms with E-state index in [1.165, 1.54) is 13.8 Å². The molecular formula is C16H16Br2N2O2. The van der Waals surface area contributed by atoms with Crippen LogP contribution < -0.4 is 10.6 Å². The second-order valence-corrected chi connectivity index (χ2v) is 6.21. The number of hydrogen-bond donors (Lipinski definition) is 2. The molecule has 0 fully saturated rings. The van der Waals surface area contributed by atoms with Gasteiger partial charge in [0.2, 0.25) is 11.8 Å². The maximum absolute atomic E-state index is 10.6. The molecule has 0 spiro atoms. The Morgan fingerprint density at radius 3 is 1.41 bits per heavy atom. The first kappa shape index (κ1) is 18.4. The van der Waals surface area contributed by atoms with E-state index in [-0.39, 0.29) is 11.8 Å². The zero-order valence-corrected chi connectivity index (χ0v) is 15.4. The van der Waals surface area contributed by atoms with Crippen molar-refractivity contribution < 1.29 is 9.59 Å². The van der Waals surface area contributed by atoms with Gasteiger partial charge < -0.3 is 10.6 Å².